The third kappa shape index (κ3) is 3.48. The highest BCUT2D eigenvalue weighted by Crippen LogP contribution is 2.17. The van der Waals surface area contributed by atoms with Crippen LogP contribution in [0.25, 0.3) is 0 Å². The van der Waals surface area contributed by atoms with E-state index in [1.165, 1.54) is 0 Å². The van der Waals surface area contributed by atoms with Gasteiger partial charge in [0.25, 0.3) is 11.7 Å². The van der Waals surface area contributed by atoms with Crippen LogP contribution in [-0.4, -0.2) is 50.7 Å². The van der Waals surface area contributed by atoms with Crippen LogP contribution in [0.4, 0.5) is 13.2 Å². The van der Waals surface area contributed by atoms with Crippen LogP contribution in [0.5, 0.6) is 0 Å². The molecule has 1 rings (SSSR count). The van der Waals surface area contributed by atoms with Gasteiger partial charge in [-0.15, -0.1) is 10.2 Å². The topological polar surface area (TPSA) is 74.8 Å². The molecule has 0 saturated heterocycles. The van der Waals surface area contributed by atoms with Crippen LogP contribution in [0, 0.1) is 0 Å². The average Bonchev–Trinajstić information content (AvgIpc) is 2.66. The van der Waals surface area contributed by atoms with Crippen LogP contribution >= 0.6 is 0 Å². The van der Waals surface area contributed by atoms with E-state index in [4.69, 9.17) is 0 Å². The Balaban J connectivity index is 2.74. The van der Waals surface area contributed by atoms with Gasteiger partial charge < -0.3 is 4.90 Å². The van der Waals surface area contributed by atoms with Crippen molar-refractivity contribution in [1.82, 2.24) is 25.5 Å². The number of carbonyl (C=O) groups excluding carboxylic acids is 1. The monoisotopic (exact) mass is 237 g/mol. The summed E-state index contributed by atoms with van der Waals surface area (Å²) >= 11 is 0. The first-order valence-corrected chi connectivity index (χ1v) is 4.53. The summed E-state index contributed by atoms with van der Waals surface area (Å²) in [6.45, 7) is 0.355. The van der Waals surface area contributed by atoms with Crippen molar-refractivity contribution in [3.05, 3.63) is 5.82 Å². The van der Waals surface area contributed by atoms with Gasteiger partial charge >= 0.3 is 6.18 Å². The van der Waals surface area contributed by atoms with Gasteiger partial charge in [0, 0.05) is 6.54 Å². The molecule has 0 aliphatic carbocycles. The molecule has 1 N–H and O–H groups in total. The second kappa shape index (κ2) is 4.90. The minimum Gasteiger partial charge on any atom is -0.327 e. The Hall–Kier alpha value is -1.67. The van der Waals surface area contributed by atoms with E-state index in [9.17, 15) is 18.0 Å². The fourth-order valence-corrected chi connectivity index (χ4v) is 1.13. The maximum absolute atomic E-state index is 12.2. The normalized spacial score (nSPS) is 11.5. The van der Waals surface area contributed by atoms with Crippen molar-refractivity contribution < 1.29 is 18.0 Å². The van der Waals surface area contributed by atoms with Gasteiger partial charge in [-0.25, -0.2) is 0 Å². The Kier molecular flexibility index (Phi) is 3.80. The number of halogens is 3. The fourth-order valence-electron chi connectivity index (χ4n) is 1.13. The van der Waals surface area contributed by atoms with Crippen LogP contribution in [0.2, 0.25) is 0 Å². The lowest BCUT2D eigenvalue weighted by Crippen LogP contribution is -2.39. The summed E-state index contributed by atoms with van der Waals surface area (Å²) in [6.07, 6.45) is -4.02. The van der Waals surface area contributed by atoms with E-state index in [2.05, 4.69) is 15.4 Å². The van der Waals surface area contributed by atoms with Crippen LogP contribution in [-0.2, 0) is 0 Å². The summed E-state index contributed by atoms with van der Waals surface area (Å²) < 4.78 is 36.5. The van der Waals surface area contributed by atoms with Crippen molar-refractivity contribution in [3.8, 4) is 0 Å². The minimum atomic E-state index is -4.44. The number of aromatic amines is 1. The quantitative estimate of drug-likeness (QED) is 0.832. The number of nitrogens with one attached hydrogen (secondary N) is 1. The first-order valence-electron chi connectivity index (χ1n) is 4.53. The molecule has 9 heteroatoms. The number of rotatable bonds is 4. The predicted octanol–water partition coefficient (Wildman–Crippen LogP) is 0.614. The number of tetrazole rings is 1. The molecule has 90 valence electrons. The molecular weight excluding hydrogens is 227 g/mol. The molecule has 0 fully saturated rings. The lowest BCUT2D eigenvalue weighted by atomic mass is 10.3. The number of carbonyl (C=O) groups is 1. The summed E-state index contributed by atoms with van der Waals surface area (Å²) in [5.41, 5.74) is 0. The van der Waals surface area contributed by atoms with Crippen molar-refractivity contribution in [2.45, 2.75) is 19.5 Å². The number of nitrogens with zero attached hydrogens (tertiary/aromatic N) is 4. The molecule has 6 nitrogen and oxygen atoms in total. The number of hydrogen-bond acceptors (Lipinski definition) is 4. The average molecular weight is 237 g/mol. The molecule has 1 heterocycles. The summed E-state index contributed by atoms with van der Waals surface area (Å²) in [4.78, 5) is 12.2. The zero-order valence-corrected chi connectivity index (χ0v) is 8.45. The van der Waals surface area contributed by atoms with Crippen molar-refractivity contribution in [2.75, 3.05) is 13.1 Å². The van der Waals surface area contributed by atoms with Gasteiger partial charge in [-0.1, -0.05) is 6.92 Å². The maximum atomic E-state index is 12.2. The van der Waals surface area contributed by atoms with Crippen LogP contribution in [0.1, 0.15) is 24.0 Å². The highest BCUT2D eigenvalue weighted by atomic mass is 19.4. The maximum Gasteiger partial charge on any atom is 0.406 e. The van der Waals surface area contributed by atoms with Crippen molar-refractivity contribution in [2.24, 2.45) is 0 Å². The van der Waals surface area contributed by atoms with Gasteiger partial charge in [0.05, 0.1) is 0 Å². The van der Waals surface area contributed by atoms with E-state index in [-0.39, 0.29) is 12.4 Å². The van der Waals surface area contributed by atoms with Crippen LogP contribution in [0.3, 0.4) is 0 Å². The van der Waals surface area contributed by atoms with Crippen molar-refractivity contribution in [3.63, 3.8) is 0 Å². The van der Waals surface area contributed by atoms with Gasteiger partial charge in [-0.05, 0) is 11.6 Å². The minimum absolute atomic E-state index is 0.00706. The smallest absolute Gasteiger partial charge is 0.327 e. The molecule has 0 aliphatic rings. The highest BCUT2D eigenvalue weighted by molar-refractivity contribution is 5.90. The number of amides is 1. The lowest BCUT2D eigenvalue weighted by Gasteiger charge is -2.21. The zero-order valence-electron chi connectivity index (χ0n) is 8.45. The van der Waals surface area contributed by atoms with E-state index in [1.807, 2.05) is 5.21 Å². The Bertz CT molecular complexity index is 336. The fraction of sp³-hybridized carbons (Fsp3) is 0.714. The largest absolute Gasteiger partial charge is 0.406 e. The van der Waals surface area contributed by atoms with E-state index in [0.717, 1.165) is 0 Å². The molecule has 0 radical (unpaired) electrons. The van der Waals surface area contributed by atoms with Crippen molar-refractivity contribution >= 4 is 5.91 Å². The molecule has 0 aromatic carbocycles. The molecule has 1 amide bonds. The van der Waals surface area contributed by atoms with Gasteiger partial charge in [-0.3, -0.25) is 4.79 Å². The van der Waals surface area contributed by atoms with E-state index >= 15 is 0 Å². The summed E-state index contributed by atoms with van der Waals surface area (Å²) in [5, 5.41) is 11.8. The summed E-state index contributed by atoms with van der Waals surface area (Å²) in [5.74, 6) is -1.24. The Morgan fingerprint density at radius 2 is 2.19 bits per heavy atom. The zero-order chi connectivity index (χ0) is 12.2. The molecule has 0 bridgehead atoms. The second-order valence-electron chi connectivity index (χ2n) is 3.08. The standard InChI is InChI=1S/C7H10F3N5O/c1-2-3-15(4-7(8,9)10)6(16)5-11-13-14-12-5/h2-4H2,1H3,(H,11,12,13,14). The van der Waals surface area contributed by atoms with E-state index in [1.54, 1.807) is 6.92 Å². The molecule has 1 aromatic heterocycles. The molecule has 16 heavy (non-hydrogen) atoms. The third-order valence-corrected chi connectivity index (χ3v) is 1.69. The van der Waals surface area contributed by atoms with Crippen LogP contribution < -0.4 is 0 Å². The van der Waals surface area contributed by atoms with E-state index in [0.29, 0.717) is 11.3 Å². The summed E-state index contributed by atoms with van der Waals surface area (Å²) in [7, 11) is 0. The molecular formula is C7H10F3N5O. The van der Waals surface area contributed by atoms with Gasteiger partial charge in [-0.2, -0.15) is 18.4 Å². The van der Waals surface area contributed by atoms with E-state index < -0.39 is 18.6 Å². The second-order valence-corrected chi connectivity index (χ2v) is 3.08. The number of alkyl halides is 3. The Morgan fingerprint density at radius 3 is 2.62 bits per heavy atom. The molecule has 0 aliphatic heterocycles. The van der Waals surface area contributed by atoms with Crippen molar-refractivity contribution in [1.29, 1.82) is 0 Å². The molecule has 0 saturated carbocycles. The predicted molar refractivity (Wildman–Crippen MR) is 46.4 cm³/mol. The first kappa shape index (κ1) is 12.4. The Morgan fingerprint density at radius 1 is 1.50 bits per heavy atom. The van der Waals surface area contributed by atoms with Crippen LogP contribution in [0.15, 0.2) is 0 Å². The molecule has 0 spiro atoms. The number of H-pyrrole nitrogens is 1. The molecule has 1 aromatic rings. The SMILES string of the molecule is CCCN(CC(F)(F)F)C(=O)c1nn[nH]n1. The molecule has 0 atom stereocenters. The lowest BCUT2D eigenvalue weighted by molar-refractivity contribution is -0.140. The number of hydrogen-bond donors (Lipinski definition) is 1. The van der Waals surface area contributed by atoms with Gasteiger partial charge in [0.2, 0.25) is 0 Å². The highest BCUT2D eigenvalue weighted by Gasteiger charge is 2.34. The summed E-state index contributed by atoms with van der Waals surface area (Å²) in [6, 6.07) is 0. The molecule has 0 unspecified atom stereocenters. The van der Waals surface area contributed by atoms with Gasteiger partial charge in [0.1, 0.15) is 6.54 Å². The van der Waals surface area contributed by atoms with Gasteiger partial charge in [0.15, 0.2) is 0 Å². The Labute approximate surface area is 88.8 Å². The number of aromatic nitrogens is 4. The first-order chi connectivity index (χ1) is 7.44. The third-order valence-electron chi connectivity index (χ3n) is 1.69.